The largest absolute Gasteiger partial charge is 0.378 e. The van der Waals surface area contributed by atoms with Gasteiger partial charge in [-0.2, -0.15) is 0 Å². The van der Waals surface area contributed by atoms with Crippen molar-refractivity contribution in [2.75, 3.05) is 5.32 Å². The number of nitrogens with one attached hydrogen (secondary N) is 1. The van der Waals surface area contributed by atoms with Crippen molar-refractivity contribution in [2.45, 2.75) is 32.7 Å². The minimum atomic E-state index is 0.319. The molecular weight excluding hydrogens is 345 g/mol. The van der Waals surface area contributed by atoms with Gasteiger partial charge in [-0.25, -0.2) is 0 Å². The van der Waals surface area contributed by atoms with Gasteiger partial charge < -0.3 is 5.32 Å². The van der Waals surface area contributed by atoms with Crippen LogP contribution in [0.1, 0.15) is 43.9 Å². The van der Waals surface area contributed by atoms with E-state index in [1.165, 1.54) is 20.4 Å². The molecule has 0 fully saturated rings. The first-order valence-electron chi connectivity index (χ1n) is 6.68. The molecule has 1 N–H and O–H groups in total. The molecule has 2 rings (SSSR count). The van der Waals surface area contributed by atoms with Gasteiger partial charge in [0, 0.05) is 15.3 Å². The Morgan fingerprint density at radius 3 is 2.11 bits per heavy atom. The summed E-state index contributed by atoms with van der Waals surface area (Å²) >= 11 is 2.34. The Morgan fingerprint density at radius 1 is 0.895 bits per heavy atom. The summed E-state index contributed by atoms with van der Waals surface area (Å²) in [5.74, 6) is 0.591. The second-order valence-corrected chi connectivity index (χ2v) is 6.44. The predicted octanol–water partition coefficient (Wildman–Crippen LogP) is 5.59. The van der Waals surface area contributed by atoms with E-state index in [0.29, 0.717) is 12.0 Å². The molecule has 0 saturated heterocycles. The molecule has 1 nitrogen and oxygen atoms in total. The summed E-state index contributed by atoms with van der Waals surface area (Å²) in [5, 5.41) is 3.54. The summed E-state index contributed by atoms with van der Waals surface area (Å²) in [5.41, 5.74) is 3.89. The first-order chi connectivity index (χ1) is 9.06. The Bertz CT molecular complexity index is 531. The van der Waals surface area contributed by atoms with Crippen LogP contribution in [0.25, 0.3) is 0 Å². The maximum atomic E-state index is 3.54. The molecule has 0 heterocycles. The Hall–Kier alpha value is -1.03. The van der Waals surface area contributed by atoms with E-state index in [-0.39, 0.29) is 0 Å². The lowest BCUT2D eigenvalue weighted by Crippen LogP contribution is -2.06. The number of anilines is 1. The van der Waals surface area contributed by atoms with Crippen molar-refractivity contribution in [1.82, 2.24) is 0 Å². The minimum absolute atomic E-state index is 0.319. The van der Waals surface area contributed by atoms with E-state index in [2.05, 4.69) is 97.2 Å². The zero-order valence-corrected chi connectivity index (χ0v) is 13.8. The van der Waals surface area contributed by atoms with E-state index in [1.807, 2.05) is 0 Å². The van der Waals surface area contributed by atoms with Crippen LogP contribution in [-0.2, 0) is 0 Å². The van der Waals surface area contributed by atoms with E-state index >= 15 is 0 Å². The van der Waals surface area contributed by atoms with Gasteiger partial charge >= 0.3 is 0 Å². The fraction of sp³-hybridized carbons (Fsp3) is 0.294. The smallest absolute Gasteiger partial charge is 0.0485 e. The van der Waals surface area contributed by atoms with Gasteiger partial charge in [-0.3, -0.25) is 0 Å². The number of benzene rings is 2. The van der Waals surface area contributed by atoms with Gasteiger partial charge in [0.2, 0.25) is 0 Å². The summed E-state index contributed by atoms with van der Waals surface area (Å²) in [6.45, 7) is 6.65. The SMILES string of the molecule is CC(C)c1ccc(C(C)Nc2cccc(I)c2)cc1. The molecule has 2 aromatic carbocycles. The van der Waals surface area contributed by atoms with E-state index < -0.39 is 0 Å². The zero-order chi connectivity index (χ0) is 13.8. The van der Waals surface area contributed by atoms with Crippen LogP contribution in [0, 0.1) is 3.57 Å². The molecular formula is C17H20IN. The van der Waals surface area contributed by atoms with Crippen LogP contribution in [0.4, 0.5) is 5.69 Å². The van der Waals surface area contributed by atoms with Crippen molar-refractivity contribution in [2.24, 2.45) is 0 Å². The lowest BCUT2D eigenvalue weighted by atomic mass is 9.99. The maximum Gasteiger partial charge on any atom is 0.0485 e. The fourth-order valence-electron chi connectivity index (χ4n) is 2.08. The van der Waals surface area contributed by atoms with Crippen LogP contribution in [0.5, 0.6) is 0 Å². The van der Waals surface area contributed by atoms with E-state index in [1.54, 1.807) is 0 Å². The molecule has 100 valence electrons. The highest BCUT2D eigenvalue weighted by molar-refractivity contribution is 14.1. The molecule has 19 heavy (non-hydrogen) atoms. The molecule has 1 unspecified atom stereocenters. The monoisotopic (exact) mass is 365 g/mol. The van der Waals surface area contributed by atoms with E-state index in [4.69, 9.17) is 0 Å². The Balaban J connectivity index is 2.09. The molecule has 0 amide bonds. The lowest BCUT2D eigenvalue weighted by molar-refractivity contribution is 0.852. The van der Waals surface area contributed by atoms with Crippen molar-refractivity contribution in [1.29, 1.82) is 0 Å². The van der Waals surface area contributed by atoms with Gasteiger partial charge in [0.25, 0.3) is 0 Å². The standard InChI is InChI=1S/C17H20IN/c1-12(2)14-7-9-15(10-8-14)13(3)19-17-6-4-5-16(18)11-17/h4-13,19H,1-3H3. The highest BCUT2D eigenvalue weighted by Gasteiger charge is 2.06. The van der Waals surface area contributed by atoms with E-state index in [0.717, 1.165) is 0 Å². The molecule has 0 radical (unpaired) electrons. The van der Waals surface area contributed by atoms with Gasteiger partial charge in [0.15, 0.2) is 0 Å². The van der Waals surface area contributed by atoms with Gasteiger partial charge in [0.05, 0.1) is 0 Å². The topological polar surface area (TPSA) is 12.0 Å². The van der Waals surface area contributed by atoms with Gasteiger partial charge in [-0.15, -0.1) is 0 Å². The molecule has 0 bridgehead atoms. The number of rotatable bonds is 4. The average Bonchev–Trinajstić information content (AvgIpc) is 2.39. The Labute approximate surface area is 129 Å². The number of hydrogen-bond donors (Lipinski definition) is 1. The Morgan fingerprint density at radius 2 is 1.53 bits per heavy atom. The second-order valence-electron chi connectivity index (χ2n) is 5.20. The first-order valence-corrected chi connectivity index (χ1v) is 7.76. The number of halogens is 1. The summed E-state index contributed by atoms with van der Waals surface area (Å²) in [6, 6.07) is 17.7. The van der Waals surface area contributed by atoms with Crippen LogP contribution in [0.3, 0.4) is 0 Å². The van der Waals surface area contributed by atoms with Crippen molar-refractivity contribution < 1.29 is 0 Å². The molecule has 2 aromatic rings. The quantitative estimate of drug-likeness (QED) is 0.697. The first kappa shape index (κ1) is 14.4. The molecule has 0 aliphatic rings. The summed E-state index contributed by atoms with van der Waals surface area (Å²) in [6.07, 6.45) is 0. The van der Waals surface area contributed by atoms with Gasteiger partial charge in [0.1, 0.15) is 0 Å². The molecule has 0 aliphatic carbocycles. The zero-order valence-electron chi connectivity index (χ0n) is 11.7. The molecule has 0 aromatic heterocycles. The third-order valence-corrected chi connectivity index (χ3v) is 3.98. The van der Waals surface area contributed by atoms with Crippen molar-refractivity contribution in [3.8, 4) is 0 Å². The van der Waals surface area contributed by atoms with Crippen molar-refractivity contribution in [3.05, 3.63) is 63.2 Å². The summed E-state index contributed by atoms with van der Waals surface area (Å²) in [4.78, 5) is 0. The highest BCUT2D eigenvalue weighted by atomic mass is 127. The van der Waals surface area contributed by atoms with Crippen LogP contribution < -0.4 is 5.32 Å². The van der Waals surface area contributed by atoms with Gasteiger partial charge in [-0.1, -0.05) is 44.2 Å². The van der Waals surface area contributed by atoms with Crippen LogP contribution in [0.2, 0.25) is 0 Å². The lowest BCUT2D eigenvalue weighted by Gasteiger charge is -2.17. The predicted molar refractivity (Wildman–Crippen MR) is 91.7 cm³/mol. The normalized spacial score (nSPS) is 12.5. The third kappa shape index (κ3) is 3.96. The third-order valence-electron chi connectivity index (χ3n) is 3.31. The molecule has 2 heteroatoms. The molecule has 0 spiro atoms. The van der Waals surface area contributed by atoms with Crippen LogP contribution in [-0.4, -0.2) is 0 Å². The Kier molecular flexibility index (Phi) is 4.86. The van der Waals surface area contributed by atoms with Gasteiger partial charge in [-0.05, 0) is 64.8 Å². The fourth-order valence-corrected chi connectivity index (χ4v) is 2.62. The maximum absolute atomic E-state index is 3.54. The highest BCUT2D eigenvalue weighted by Crippen LogP contribution is 2.22. The minimum Gasteiger partial charge on any atom is -0.378 e. The summed E-state index contributed by atoms with van der Waals surface area (Å²) in [7, 11) is 0. The molecule has 1 atom stereocenters. The molecule has 0 saturated carbocycles. The van der Waals surface area contributed by atoms with Crippen LogP contribution >= 0.6 is 22.6 Å². The van der Waals surface area contributed by atoms with Crippen LogP contribution in [0.15, 0.2) is 48.5 Å². The average molecular weight is 365 g/mol. The van der Waals surface area contributed by atoms with Crippen molar-refractivity contribution in [3.63, 3.8) is 0 Å². The van der Waals surface area contributed by atoms with E-state index in [9.17, 15) is 0 Å². The second kappa shape index (κ2) is 6.42. The summed E-state index contributed by atoms with van der Waals surface area (Å²) < 4.78 is 1.25. The number of hydrogen-bond acceptors (Lipinski definition) is 1. The molecule has 0 aliphatic heterocycles. The van der Waals surface area contributed by atoms with Crippen molar-refractivity contribution >= 4 is 28.3 Å².